The molecule has 2 atom stereocenters. The average molecular weight is 210 g/mol. The third-order valence-electron chi connectivity index (χ3n) is 2.84. The molecule has 2 N–H and O–H groups in total. The quantitative estimate of drug-likeness (QED) is 0.541. The Morgan fingerprint density at radius 3 is 2.73 bits per heavy atom. The van der Waals surface area contributed by atoms with E-state index < -0.39 is 11.5 Å². The summed E-state index contributed by atoms with van der Waals surface area (Å²) in [6.07, 6.45) is 4.64. The van der Waals surface area contributed by atoms with E-state index in [9.17, 15) is 9.90 Å². The molecule has 1 aliphatic carbocycles. The molecule has 0 bridgehead atoms. The van der Waals surface area contributed by atoms with Crippen LogP contribution in [0, 0.1) is 5.41 Å². The van der Waals surface area contributed by atoms with Crippen molar-refractivity contribution < 1.29 is 15.0 Å². The van der Waals surface area contributed by atoms with Crippen molar-refractivity contribution >= 4 is 6.29 Å². The number of carbonyl (C=O) groups is 1. The van der Waals surface area contributed by atoms with E-state index in [-0.39, 0.29) is 6.61 Å². The lowest BCUT2D eigenvalue weighted by molar-refractivity contribution is -0.118. The molecule has 0 amide bonds. The van der Waals surface area contributed by atoms with Gasteiger partial charge in [-0.15, -0.1) is 0 Å². The van der Waals surface area contributed by atoms with Crippen LogP contribution in [0.25, 0.3) is 0 Å². The van der Waals surface area contributed by atoms with E-state index in [2.05, 4.69) is 0 Å². The largest absolute Gasteiger partial charge is 0.392 e. The SMILES string of the molecule is CC(C)=CC[C@@]1(C=O)C=C(CO)C[C@@H]1O. The topological polar surface area (TPSA) is 57.5 Å². The Bertz CT molecular complexity index is 300. The Labute approximate surface area is 90.1 Å². The number of hydrogen-bond donors (Lipinski definition) is 2. The van der Waals surface area contributed by atoms with Crippen LogP contribution in [-0.4, -0.2) is 29.2 Å². The van der Waals surface area contributed by atoms with Crippen molar-refractivity contribution in [3.8, 4) is 0 Å². The van der Waals surface area contributed by atoms with Crippen molar-refractivity contribution in [2.45, 2.75) is 32.8 Å². The van der Waals surface area contributed by atoms with E-state index in [4.69, 9.17) is 5.11 Å². The number of aliphatic hydroxyl groups excluding tert-OH is 2. The summed E-state index contributed by atoms with van der Waals surface area (Å²) >= 11 is 0. The van der Waals surface area contributed by atoms with Gasteiger partial charge in [0.2, 0.25) is 0 Å². The van der Waals surface area contributed by atoms with Gasteiger partial charge in [-0.05, 0) is 32.3 Å². The molecular weight excluding hydrogens is 192 g/mol. The molecule has 0 aromatic carbocycles. The van der Waals surface area contributed by atoms with Crippen molar-refractivity contribution in [2.75, 3.05) is 6.61 Å². The van der Waals surface area contributed by atoms with Gasteiger partial charge in [-0.2, -0.15) is 0 Å². The maximum atomic E-state index is 11.1. The van der Waals surface area contributed by atoms with Crippen LogP contribution in [0.15, 0.2) is 23.3 Å². The summed E-state index contributed by atoms with van der Waals surface area (Å²) in [7, 11) is 0. The maximum absolute atomic E-state index is 11.1. The lowest BCUT2D eigenvalue weighted by Crippen LogP contribution is -2.30. The van der Waals surface area contributed by atoms with Crippen LogP contribution in [0.1, 0.15) is 26.7 Å². The van der Waals surface area contributed by atoms with E-state index in [1.54, 1.807) is 6.08 Å². The Morgan fingerprint density at radius 1 is 1.67 bits per heavy atom. The number of hydrogen-bond acceptors (Lipinski definition) is 3. The van der Waals surface area contributed by atoms with Crippen molar-refractivity contribution in [3.05, 3.63) is 23.3 Å². The van der Waals surface area contributed by atoms with E-state index in [1.807, 2.05) is 19.9 Å². The summed E-state index contributed by atoms with van der Waals surface area (Å²) < 4.78 is 0. The molecule has 0 radical (unpaired) electrons. The summed E-state index contributed by atoms with van der Waals surface area (Å²) in [6, 6.07) is 0. The lowest BCUT2D eigenvalue weighted by atomic mass is 9.83. The summed E-state index contributed by atoms with van der Waals surface area (Å²) in [6.45, 7) is 3.83. The number of carbonyl (C=O) groups excluding carboxylic acids is 1. The van der Waals surface area contributed by atoms with Crippen LogP contribution < -0.4 is 0 Å². The second-order valence-electron chi connectivity index (χ2n) is 4.40. The molecule has 3 nitrogen and oxygen atoms in total. The molecule has 84 valence electrons. The molecule has 1 rings (SSSR count). The van der Waals surface area contributed by atoms with Crippen LogP contribution in [-0.2, 0) is 4.79 Å². The smallest absolute Gasteiger partial charge is 0.132 e. The third-order valence-corrected chi connectivity index (χ3v) is 2.84. The van der Waals surface area contributed by atoms with Gasteiger partial charge in [-0.25, -0.2) is 0 Å². The fraction of sp³-hybridized carbons (Fsp3) is 0.583. The first kappa shape index (κ1) is 12.1. The molecule has 0 saturated heterocycles. The minimum Gasteiger partial charge on any atom is -0.392 e. The van der Waals surface area contributed by atoms with Crippen molar-refractivity contribution in [2.24, 2.45) is 5.41 Å². The number of allylic oxidation sites excluding steroid dienone is 2. The predicted molar refractivity (Wildman–Crippen MR) is 58.3 cm³/mol. The minimum atomic E-state index is -0.824. The first-order valence-electron chi connectivity index (χ1n) is 5.13. The second-order valence-corrected chi connectivity index (χ2v) is 4.40. The standard InChI is InChI=1S/C12H18O3/c1-9(2)3-4-12(8-14)6-10(7-13)5-11(12)15/h3,6,8,11,13,15H,4-5,7H2,1-2H3/t11-,12-/m0/s1. The fourth-order valence-electron chi connectivity index (χ4n) is 1.82. The highest BCUT2D eigenvalue weighted by Gasteiger charge is 2.40. The lowest BCUT2D eigenvalue weighted by Gasteiger charge is -2.23. The Morgan fingerprint density at radius 2 is 2.33 bits per heavy atom. The maximum Gasteiger partial charge on any atom is 0.132 e. The van der Waals surface area contributed by atoms with Gasteiger partial charge in [0, 0.05) is 0 Å². The fourth-order valence-corrected chi connectivity index (χ4v) is 1.82. The average Bonchev–Trinajstić information content (AvgIpc) is 2.53. The van der Waals surface area contributed by atoms with Crippen molar-refractivity contribution in [1.29, 1.82) is 0 Å². The first-order chi connectivity index (χ1) is 7.04. The highest BCUT2D eigenvalue weighted by atomic mass is 16.3. The Kier molecular flexibility index (Phi) is 3.83. The summed E-state index contributed by atoms with van der Waals surface area (Å²) in [5.41, 5.74) is 1.04. The Balaban J connectivity index is 2.89. The minimum absolute atomic E-state index is 0.0819. The molecule has 15 heavy (non-hydrogen) atoms. The summed E-state index contributed by atoms with van der Waals surface area (Å²) in [5.74, 6) is 0. The van der Waals surface area contributed by atoms with Crippen LogP contribution in [0.5, 0.6) is 0 Å². The molecule has 0 heterocycles. The van der Waals surface area contributed by atoms with Crippen LogP contribution in [0.4, 0.5) is 0 Å². The van der Waals surface area contributed by atoms with Crippen molar-refractivity contribution in [1.82, 2.24) is 0 Å². The summed E-state index contributed by atoms with van der Waals surface area (Å²) in [4.78, 5) is 11.1. The molecule has 0 saturated carbocycles. The van der Waals surface area contributed by atoms with Gasteiger partial charge >= 0.3 is 0 Å². The molecule has 1 aliphatic rings. The van der Waals surface area contributed by atoms with Gasteiger partial charge in [0.15, 0.2) is 0 Å². The van der Waals surface area contributed by atoms with E-state index >= 15 is 0 Å². The zero-order chi connectivity index (χ0) is 11.5. The number of rotatable bonds is 4. The molecule has 0 aliphatic heterocycles. The number of aliphatic hydroxyl groups is 2. The molecular formula is C12H18O3. The van der Waals surface area contributed by atoms with Crippen molar-refractivity contribution in [3.63, 3.8) is 0 Å². The highest BCUT2D eigenvalue weighted by molar-refractivity contribution is 5.66. The Hall–Kier alpha value is -0.930. The molecule has 0 spiro atoms. The zero-order valence-electron chi connectivity index (χ0n) is 9.23. The highest BCUT2D eigenvalue weighted by Crippen LogP contribution is 2.38. The second kappa shape index (κ2) is 4.73. The van der Waals surface area contributed by atoms with Crippen LogP contribution >= 0.6 is 0 Å². The van der Waals surface area contributed by atoms with Gasteiger partial charge in [-0.3, -0.25) is 0 Å². The molecule has 0 fully saturated rings. The molecule has 3 heteroatoms. The monoisotopic (exact) mass is 210 g/mol. The predicted octanol–water partition coefficient (Wildman–Crippen LogP) is 1.21. The first-order valence-corrected chi connectivity index (χ1v) is 5.13. The van der Waals surface area contributed by atoms with Gasteiger partial charge in [0.05, 0.1) is 18.1 Å². The van der Waals surface area contributed by atoms with Gasteiger partial charge < -0.3 is 15.0 Å². The molecule has 0 aromatic rings. The summed E-state index contributed by atoms with van der Waals surface area (Å²) in [5, 5.41) is 18.8. The molecule has 0 unspecified atom stereocenters. The van der Waals surface area contributed by atoms with Gasteiger partial charge in [0.1, 0.15) is 6.29 Å². The normalized spacial score (nSPS) is 29.9. The van der Waals surface area contributed by atoms with Gasteiger partial charge in [-0.1, -0.05) is 17.7 Å². The third kappa shape index (κ3) is 2.55. The number of aldehydes is 1. The van der Waals surface area contributed by atoms with Crippen LogP contribution in [0.2, 0.25) is 0 Å². The van der Waals surface area contributed by atoms with E-state index in [1.165, 1.54) is 0 Å². The zero-order valence-corrected chi connectivity index (χ0v) is 9.23. The molecule has 0 aromatic heterocycles. The van der Waals surface area contributed by atoms with E-state index in [0.29, 0.717) is 12.8 Å². The van der Waals surface area contributed by atoms with Gasteiger partial charge in [0.25, 0.3) is 0 Å². The van der Waals surface area contributed by atoms with E-state index in [0.717, 1.165) is 17.4 Å². The van der Waals surface area contributed by atoms with Crippen LogP contribution in [0.3, 0.4) is 0 Å².